The molecular formula is C19H22BN3O2. The number of imidazole rings is 1. The second-order valence-electron chi connectivity index (χ2n) is 7.56. The van der Waals surface area contributed by atoms with Crippen molar-refractivity contribution in [2.75, 3.05) is 0 Å². The van der Waals surface area contributed by atoms with Gasteiger partial charge in [-0.1, -0.05) is 0 Å². The number of nitrogens with zero attached hydrogens (tertiary/aromatic N) is 3. The molecule has 0 radical (unpaired) electrons. The average molecular weight is 335 g/mol. The molecule has 4 rings (SSSR count). The van der Waals surface area contributed by atoms with Gasteiger partial charge in [0, 0.05) is 24.2 Å². The Hall–Kier alpha value is -2.18. The van der Waals surface area contributed by atoms with Crippen LogP contribution in [0.4, 0.5) is 0 Å². The molecule has 3 aromatic rings. The number of hydrogen-bond donors (Lipinski definition) is 0. The molecule has 0 bridgehead atoms. The van der Waals surface area contributed by atoms with Crippen LogP contribution in [-0.2, 0) is 9.31 Å². The molecule has 1 aliphatic heterocycles. The van der Waals surface area contributed by atoms with Crippen molar-refractivity contribution in [2.45, 2.75) is 45.8 Å². The fourth-order valence-corrected chi connectivity index (χ4v) is 3.15. The third kappa shape index (κ3) is 2.57. The molecular weight excluding hydrogens is 313 g/mol. The second kappa shape index (κ2) is 5.41. The summed E-state index contributed by atoms with van der Waals surface area (Å²) in [4.78, 5) is 8.94. The molecule has 3 aromatic heterocycles. The number of pyridine rings is 2. The highest BCUT2D eigenvalue weighted by Gasteiger charge is 2.51. The molecule has 0 saturated carbocycles. The summed E-state index contributed by atoms with van der Waals surface area (Å²) in [6.45, 7) is 10.3. The first-order valence-corrected chi connectivity index (χ1v) is 8.53. The molecule has 5 nitrogen and oxygen atoms in total. The average Bonchev–Trinajstić information content (AvgIpc) is 2.99. The number of aromatic nitrogens is 3. The van der Waals surface area contributed by atoms with E-state index in [-0.39, 0.29) is 18.3 Å². The molecule has 0 unspecified atom stereocenters. The van der Waals surface area contributed by atoms with Gasteiger partial charge in [-0.2, -0.15) is 0 Å². The standard InChI is InChI=1S/C19H22BN3O2/c1-13-17(14-7-6-9-21-12-14)23-10-8-15(11-16(23)22-13)20-24-18(2,3)19(4,5)25-20/h6-12H,1-5H3. The van der Waals surface area contributed by atoms with E-state index in [4.69, 9.17) is 14.3 Å². The highest BCUT2D eigenvalue weighted by Crippen LogP contribution is 2.36. The van der Waals surface area contributed by atoms with E-state index in [1.165, 1.54) is 0 Å². The Bertz CT molecular complexity index is 918. The Balaban J connectivity index is 1.76. The topological polar surface area (TPSA) is 48.7 Å². The molecule has 25 heavy (non-hydrogen) atoms. The number of hydrogen-bond acceptors (Lipinski definition) is 4. The summed E-state index contributed by atoms with van der Waals surface area (Å²) < 4.78 is 14.4. The third-order valence-corrected chi connectivity index (χ3v) is 5.28. The molecule has 0 spiro atoms. The fourth-order valence-electron chi connectivity index (χ4n) is 3.15. The number of rotatable bonds is 2. The smallest absolute Gasteiger partial charge is 0.399 e. The zero-order chi connectivity index (χ0) is 17.8. The molecule has 128 valence electrons. The Kier molecular flexibility index (Phi) is 3.53. The summed E-state index contributed by atoms with van der Waals surface area (Å²) in [6.07, 6.45) is 5.66. The largest absolute Gasteiger partial charge is 0.495 e. The lowest BCUT2D eigenvalue weighted by Crippen LogP contribution is -2.41. The van der Waals surface area contributed by atoms with Gasteiger partial charge in [0.15, 0.2) is 0 Å². The second-order valence-corrected chi connectivity index (χ2v) is 7.56. The molecule has 4 heterocycles. The lowest BCUT2D eigenvalue weighted by Gasteiger charge is -2.32. The molecule has 1 aliphatic rings. The SMILES string of the molecule is Cc1nc2cc(B3OC(C)(C)C(C)(C)O3)ccn2c1-c1cccnc1. The molecule has 6 heteroatoms. The fraction of sp³-hybridized carbons (Fsp3) is 0.368. The normalized spacial score (nSPS) is 18.8. The van der Waals surface area contributed by atoms with Gasteiger partial charge >= 0.3 is 7.12 Å². The summed E-state index contributed by atoms with van der Waals surface area (Å²) in [6, 6.07) is 8.06. The van der Waals surface area contributed by atoms with Gasteiger partial charge in [-0.25, -0.2) is 4.98 Å². The maximum Gasteiger partial charge on any atom is 0.495 e. The third-order valence-electron chi connectivity index (χ3n) is 5.28. The van der Waals surface area contributed by atoms with Crippen molar-refractivity contribution in [3.63, 3.8) is 0 Å². The van der Waals surface area contributed by atoms with Crippen LogP contribution in [0.25, 0.3) is 16.9 Å². The van der Waals surface area contributed by atoms with Gasteiger partial charge in [0.05, 0.1) is 22.6 Å². The maximum atomic E-state index is 6.15. The summed E-state index contributed by atoms with van der Waals surface area (Å²) in [5.41, 5.74) is 4.24. The zero-order valence-corrected chi connectivity index (χ0v) is 15.3. The minimum absolute atomic E-state index is 0.351. The van der Waals surface area contributed by atoms with Gasteiger partial charge in [0.1, 0.15) is 5.65 Å². The summed E-state index contributed by atoms with van der Waals surface area (Å²) in [5, 5.41) is 0. The molecule has 1 saturated heterocycles. The quantitative estimate of drug-likeness (QED) is 0.676. The first kappa shape index (κ1) is 16.3. The van der Waals surface area contributed by atoms with Crippen LogP contribution in [0, 0.1) is 6.92 Å². The van der Waals surface area contributed by atoms with Gasteiger partial charge < -0.3 is 9.31 Å². The highest BCUT2D eigenvalue weighted by molar-refractivity contribution is 6.62. The number of aryl methyl sites for hydroxylation is 1. The van der Waals surface area contributed by atoms with E-state index in [1.54, 1.807) is 6.20 Å². The van der Waals surface area contributed by atoms with E-state index in [0.29, 0.717) is 0 Å². The van der Waals surface area contributed by atoms with Gasteiger partial charge in [-0.15, -0.1) is 0 Å². The van der Waals surface area contributed by atoms with Gasteiger partial charge in [-0.05, 0) is 64.3 Å². The minimum Gasteiger partial charge on any atom is -0.399 e. The van der Waals surface area contributed by atoms with Crippen molar-refractivity contribution in [2.24, 2.45) is 0 Å². The van der Waals surface area contributed by atoms with Crippen LogP contribution in [0.1, 0.15) is 33.4 Å². The monoisotopic (exact) mass is 335 g/mol. The first-order valence-electron chi connectivity index (χ1n) is 8.53. The van der Waals surface area contributed by atoms with Crippen LogP contribution >= 0.6 is 0 Å². The van der Waals surface area contributed by atoms with Crippen LogP contribution < -0.4 is 5.46 Å². The highest BCUT2D eigenvalue weighted by atomic mass is 16.7. The Morgan fingerprint density at radius 3 is 2.44 bits per heavy atom. The van der Waals surface area contributed by atoms with Crippen molar-refractivity contribution in [1.29, 1.82) is 0 Å². The summed E-state index contributed by atoms with van der Waals surface area (Å²) in [7, 11) is -0.381. The predicted molar refractivity (Wildman–Crippen MR) is 98.9 cm³/mol. The van der Waals surface area contributed by atoms with E-state index in [0.717, 1.165) is 28.1 Å². The number of fused-ring (bicyclic) bond motifs is 1. The van der Waals surface area contributed by atoms with Crippen molar-refractivity contribution in [1.82, 2.24) is 14.4 Å². The van der Waals surface area contributed by atoms with Gasteiger partial charge in [0.2, 0.25) is 0 Å². The Morgan fingerprint density at radius 1 is 1.08 bits per heavy atom. The summed E-state index contributed by atoms with van der Waals surface area (Å²) in [5.74, 6) is 0. The molecule has 1 fully saturated rings. The van der Waals surface area contributed by atoms with Crippen LogP contribution in [0.2, 0.25) is 0 Å². The molecule has 0 aliphatic carbocycles. The van der Waals surface area contributed by atoms with Crippen LogP contribution in [-0.4, -0.2) is 32.7 Å². The van der Waals surface area contributed by atoms with Crippen molar-refractivity contribution >= 4 is 18.2 Å². The van der Waals surface area contributed by atoms with Crippen molar-refractivity contribution in [3.05, 3.63) is 48.5 Å². The van der Waals surface area contributed by atoms with E-state index in [9.17, 15) is 0 Å². The molecule has 0 atom stereocenters. The van der Waals surface area contributed by atoms with Gasteiger partial charge in [0.25, 0.3) is 0 Å². The van der Waals surface area contributed by atoms with Gasteiger partial charge in [-0.3, -0.25) is 9.38 Å². The minimum atomic E-state index is -0.381. The Labute approximate surface area is 148 Å². The zero-order valence-electron chi connectivity index (χ0n) is 15.3. The lowest BCUT2D eigenvalue weighted by atomic mass is 9.80. The lowest BCUT2D eigenvalue weighted by molar-refractivity contribution is 0.00578. The maximum absolute atomic E-state index is 6.15. The van der Waals surface area contributed by atoms with Crippen molar-refractivity contribution < 1.29 is 9.31 Å². The van der Waals surface area contributed by atoms with E-state index < -0.39 is 0 Å². The van der Waals surface area contributed by atoms with Crippen LogP contribution in [0.5, 0.6) is 0 Å². The van der Waals surface area contributed by atoms with E-state index in [2.05, 4.69) is 37.1 Å². The Morgan fingerprint density at radius 2 is 1.80 bits per heavy atom. The predicted octanol–water partition coefficient (Wildman–Crippen LogP) is 3.00. The molecule has 0 aromatic carbocycles. The first-order chi connectivity index (χ1) is 11.8. The van der Waals surface area contributed by atoms with E-state index in [1.807, 2.05) is 43.6 Å². The van der Waals surface area contributed by atoms with Crippen LogP contribution in [0.3, 0.4) is 0 Å². The van der Waals surface area contributed by atoms with Crippen molar-refractivity contribution in [3.8, 4) is 11.3 Å². The van der Waals surface area contributed by atoms with Crippen LogP contribution in [0.15, 0.2) is 42.9 Å². The summed E-state index contributed by atoms with van der Waals surface area (Å²) >= 11 is 0. The van der Waals surface area contributed by atoms with E-state index >= 15 is 0 Å². The molecule has 0 amide bonds. The molecule has 0 N–H and O–H groups in total.